The lowest BCUT2D eigenvalue weighted by molar-refractivity contribution is -0.150. The van der Waals surface area contributed by atoms with E-state index in [1.165, 1.54) is 0 Å². The van der Waals surface area contributed by atoms with E-state index in [1.54, 1.807) is 24.0 Å². The van der Waals surface area contributed by atoms with Crippen LogP contribution < -0.4 is 4.74 Å². The van der Waals surface area contributed by atoms with Gasteiger partial charge in [0, 0.05) is 19.2 Å². The monoisotopic (exact) mass is 345 g/mol. The van der Waals surface area contributed by atoms with Gasteiger partial charge in [-0.1, -0.05) is 19.1 Å². The second-order valence-electron chi connectivity index (χ2n) is 6.13. The van der Waals surface area contributed by atoms with Gasteiger partial charge in [0.2, 0.25) is 5.91 Å². The van der Waals surface area contributed by atoms with Crippen LogP contribution in [-0.4, -0.2) is 43.1 Å². The van der Waals surface area contributed by atoms with Crippen LogP contribution in [0.15, 0.2) is 30.3 Å². The third-order valence-corrected chi connectivity index (χ3v) is 4.12. The Hall–Kier alpha value is -2.30. The predicted octanol–water partition coefficient (Wildman–Crippen LogP) is 3.29. The first-order valence-electron chi connectivity index (χ1n) is 9.00. The van der Waals surface area contributed by atoms with Crippen LogP contribution in [0, 0.1) is 5.92 Å². The van der Waals surface area contributed by atoms with Crippen LogP contribution in [-0.2, 0) is 14.3 Å². The van der Waals surface area contributed by atoms with Crippen molar-refractivity contribution in [2.75, 3.05) is 26.3 Å². The highest BCUT2D eigenvalue weighted by molar-refractivity contribution is 5.92. The number of rotatable bonds is 7. The smallest absolute Gasteiger partial charge is 0.310 e. The number of hydrogen-bond acceptors (Lipinski definition) is 4. The highest BCUT2D eigenvalue weighted by Gasteiger charge is 2.28. The number of carbonyl (C=O) groups excluding carboxylic acids is 2. The first-order chi connectivity index (χ1) is 12.1. The van der Waals surface area contributed by atoms with Crippen LogP contribution in [0.4, 0.5) is 0 Å². The van der Waals surface area contributed by atoms with Gasteiger partial charge in [-0.05, 0) is 50.0 Å². The highest BCUT2D eigenvalue weighted by atomic mass is 16.5. The van der Waals surface area contributed by atoms with Gasteiger partial charge >= 0.3 is 5.97 Å². The van der Waals surface area contributed by atoms with Crippen molar-refractivity contribution >= 4 is 18.0 Å². The fourth-order valence-electron chi connectivity index (χ4n) is 2.80. The summed E-state index contributed by atoms with van der Waals surface area (Å²) in [6.45, 7) is 6.06. The standard InChI is InChI=1S/C20H27NO4/c1-3-14-25-18-10-7-16(8-11-18)9-12-19(22)21-13-5-6-17(15-21)20(23)24-4-2/h7-12,17H,3-6,13-15H2,1-2H3/b12-9+. The second kappa shape index (κ2) is 9.87. The summed E-state index contributed by atoms with van der Waals surface area (Å²) in [5, 5.41) is 0. The first kappa shape index (κ1) is 19.0. The third kappa shape index (κ3) is 5.93. The van der Waals surface area contributed by atoms with E-state index in [4.69, 9.17) is 9.47 Å². The Morgan fingerprint density at radius 2 is 2.00 bits per heavy atom. The summed E-state index contributed by atoms with van der Waals surface area (Å²) < 4.78 is 10.6. The summed E-state index contributed by atoms with van der Waals surface area (Å²) in [4.78, 5) is 26.0. The molecular weight excluding hydrogens is 318 g/mol. The molecular formula is C20H27NO4. The topological polar surface area (TPSA) is 55.8 Å². The fourth-order valence-corrected chi connectivity index (χ4v) is 2.80. The van der Waals surface area contributed by atoms with Crippen LogP contribution >= 0.6 is 0 Å². The van der Waals surface area contributed by atoms with Crippen molar-refractivity contribution in [3.05, 3.63) is 35.9 Å². The first-order valence-corrected chi connectivity index (χ1v) is 9.00. The van der Waals surface area contributed by atoms with Crippen LogP contribution in [0.5, 0.6) is 5.75 Å². The highest BCUT2D eigenvalue weighted by Crippen LogP contribution is 2.19. The molecule has 1 unspecified atom stereocenters. The molecule has 1 saturated heterocycles. The molecule has 2 rings (SSSR count). The van der Waals surface area contributed by atoms with Crippen molar-refractivity contribution in [2.24, 2.45) is 5.92 Å². The van der Waals surface area contributed by atoms with E-state index in [9.17, 15) is 9.59 Å². The molecule has 0 radical (unpaired) electrons. The number of likely N-dealkylation sites (tertiary alicyclic amines) is 1. The molecule has 1 fully saturated rings. The van der Waals surface area contributed by atoms with Gasteiger partial charge in [0.05, 0.1) is 19.1 Å². The molecule has 1 aliphatic heterocycles. The fraction of sp³-hybridized carbons (Fsp3) is 0.500. The van der Waals surface area contributed by atoms with E-state index in [-0.39, 0.29) is 17.8 Å². The predicted molar refractivity (Wildman–Crippen MR) is 97.2 cm³/mol. The number of piperidine rings is 1. The molecule has 1 aromatic carbocycles. The lowest BCUT2D eigenvalue weighted by atomic mass is 9.98. The zero-order chi connectivity index (χ0) is 18.1. The van der Waals surface area contributed by atoms with E-state index in [2.05, 4.69) is 6.92 Å². The minimum atomic E-state index is -0.207. The Balaban J connectivity index is 1.89. The SMILES string of the molecule is CCCOc1ccc(/C=C/C(=O)N2CCCC(C(=O)OCC)C2)cc1. The van der Waals surface area contributed by atoms with Crippen molar-refractivity contribution in [1.29, 1.82) is 0 Å². The maximum Gasteiger partial charge on any atom is 0.310 e. The van der Waals surface area contributed by atoms with Crippen LogP contribution in [0.3, 0.4) is 0 Å². The summed E-state index contributed by atoms with van der Waals surface area (Å²) in [7, 11) is 0. The van der Waals surface area contributed by atoms with Gasteiger partial charge in [-0.3, -0.25) is 9.59 Å². The van der Waals surface area contributed by atoms with Gasteiger partial charge in [0.1, 0.15) is 5.75 Å². The lowest BCUT2D eigenvalue weighted by Gasteiger charge is -2.30. The Labute approximate surface area is 149 Å². The summed E-state index contributed by atoms with van der Waals surface area (Å²) in [6, 6.07) is 7.65. The number of esters is 1. The maximum absolute atomic E-state index is 12.4. The summed E-state index contributed by atoms with van der Waals surface area (Å²) >= 11 is 0. The second-order valence-corrected chi connectivity index (χ2v) is 6.13. The van der Waals surface area contributed by atoms with E-state index in [1.807, 2.05) is 24.3 Å². The summed E-state index contributed by atoms with van der Waals surface area (Å²) in [5.41, 5.74) is 0.941. The molecule has 1 amide bonds. The van der Waals surface area contributed by atoms with Crippen LogP contribution in [0.1, 0.15) is 38.7 Å². The van der Waals surface area contributed by atoms with Gasteiger partial charge in [-0.15, -0.1) is 0 Å². The summed E-state index contributed by atoms with van der Waals surface area (Å²) in [6.07, 6.45) is 5.94. The van der Waals surface area contributed by atoms with Crippen molar-refractivity contribution in [3.63, 3.8) is 0 Å². The Bertz CT molecular complexity index is 594. The van der Waals surface area contributed by atoms with Crippen molar-refractivity contribution in [3.8, 4) is 5.75 Å². The Morgan fingerprint density at radius 1 is 1.24 bits per heavy atom. The molecule has 0 aromatic heterocycles. The minimum absolute atomic E-state index is 0.0692. The average molecular weight is 345 g/mol. The number of hydrogen-bond donors (Lipinski definition) is 0. The van der Waals surface area contributed by atoms with E-state index >= 15 is 0 Å². The number of benzene rings is 1. The molecule has 1 atom stereocenters. The molecule has 136 valence electrons. The molecule has 1 aliphatic rings. The zero-order valence-electron chi connectivity index (χ0n) is 15.1. The maximum atomic E-state index is 12.4. The van der Waals surface area contributed by atoms with Gasteiger partial charge in [-0.2, -0.15) is 0 Å². The van der Waals surface area contributed by atoms with Gasteiger partial charge in [0.25, 0.3) is 0 Å². The average Bonchev–Trinajstić information content (AvgIpc) is 2.65. The van der Waals surface area contributed by atoms with E-state index in [0.717, 1.165) is 30.6 Å². The minimum Gasteiger partial charge on any atom is -0.494 e. The van der Waals surface area contributed by atoms with E-state index < -0.39 is 0 Å². The molecule has 0 aliphatic carbocycles. The molecule has 1 aromatic rings. The number of nitrogens with zero attached hydrogens (tertiary/aromatic N) is 1. The Kier molecular flexibility index (Phi) is 7.51. The largest absolute Gasteiger partial charge is 0.494 e. The quantitative estimate of drug-likeness (QED) is 0.562. The van der Waals surface area contributed by atoms with Gasteiger partial charge < -0.3 is 14.4 Å². The van der Waals surface area contributed by atoms with E-state index in [0.29, 0.717) is 26.3 Å². The third-order valence-electron chi connectivity index (χ3n) is 4.12. The lowest BCUT2D eigenvalue weighted by Crippen LogP contribution is -2.42. The van der Waals surface area contributed by atoms with Crippen LogP contribution in [0.2, 0.25) is 0 Å². The number of amides is 1. The Morgan fingerprint density at radius 3 is 2.68 bits per heavy atom. The molecule has 5 nitrogen and oxygen atoms in total. The number of carbonyl (C=O) groups is 2. The normalized spacial score (nSPS) is 17.5. The molecule has 0 bridgehead atoms. The molecule has 0 N–H and O–H groups in total. The van der Waals surface area contributed by atoms with Gasteiger partial charge in [-0.25, -0.2) is 0 Å². The van der Waals surface area contributed by atoms with Gasteiger partial charge in [0.15, 0.2) is 0 Å². The summed E-state index contributed by atoms with van der Waals surface area (Å²) in [5.74, 6) is 0.353. The number of ether oxygens (including phenoxy) is 2. The molecule has 5 heteroatoms. The van der Waals surface area contributed by atoms with Crippen LogP contribution in [0.25, 0.3) is 6.08 Å². The molecule has 1 heterocycles. The molecule has 0 spiro atoms. The molecule has 25 heavy (non-hydrogen) atoms. The molecule has 0 saturated carbocycles. The van der Waals surface area contributed by atoms with Crippen molar-refractivity contribution in [1.82, 2.24) is 4.90 Å². The zero-order valence-corrected chi connectivity index (χ0v) is 15.1. The van der Waals surface area contributed by atoms with Crippen molar-refractivity contribution < 1.29 is 19.1 Å². The van der Waals surface area contributed by atoms with Crippen molar-refractivity contribution in [2.45, 2.75) is 33.1 Å².